The number of amides is 1. The van der Waals surface area contributed by atoms with Gasteiger partial charge in [0.1, 0.15) is 0 Å². The predicted octanol–water partition coefficient (Wildman–Crippen LogP) is 3.85. The summed E-state index contributed by atoms with van der Waals surface area (Å²) in [7, 11) is 0. The van der Waals surface area contributed by atoms with Gasteiger partial charge in [0, 0.05) is 14.8 Å². The Kier molecular flexibility index (Phi) is 3.78. The second-order valence-electron chi connectivity index (χ2n) is 3.83. The summed E-state index contributed by atoms with van der Waals surface area (Å²) in [6, 6.07) is 15.3. The van der Waals surface area contributed by atoms with Crippen molar-refractivity contribution < 1.29 is 4.79 Å². The topological polar surface area (TPSA) is 29.1 Å². The lowest BCUT2D eigenvalue weighted by Crippen LogP contribution is -2.11. The molecule has 17 heavy (non-hydrogen) atoms. The van der Waals surface area contributed by atoms with E-state index < -0.39 is 0 Å². The van der Waals surface area contributed by atoms with Crippen LogP contribution < -0.4 is 5.32 Å². The molecule has 0 atom stereocenters. The zero-order chi connectivity index (χ0) is 12.3. The van der Waals surface area contributed by atoms with Crippen LogP contribution in [-0.2, 0) is 0 Å². The Labute approximate surface area is 114 Å². The van der Waals surface area contributed by atoms with Crippen LogP contribution in [0.3, 0.4) is 0 Å². The summed E-state index contributed by atoms with van der Waals surface area (Å²) < 4.78 is 1.15. The van der Waals surface area contributed by atoms with E-state index in [0.717, 1.165) is 14.8 Å². The van der Waals surface area contributed by atoms with Gasteiger partial charge in [-0.25, -0.2) is 0 Å². The second-order valence-corrected chi connectivity index (χ2v) is 5.08. The summed E-state index contributed by atoms with van der Waals surface area (Å²) in [6.45, 7) is 1.97. The highest BCUT2D eigenvalue weighted by molar-refractivity contribution is 14.1. The summed E-state index contributed by atoms with van der Waals surface area (Å²) in [4.78, 5) is 11.9. The SMILES string of the molecule is Cc1cccc(C(=O)Nc2ccc(I)cc2)c1. The van der Waals surface area contributed by atoms with Crippen molar-refractivity contribution in [3.63, 3.8) is 0 Å². The van der Waals surface area contributed by atoms with Crippen LogP contribution in [-0.4, -0.2) is 5.91 Å². The highest BCUT2D eigenvalue weighted by Crippen LogP contribution is 2.13. The molecule has 0 spiro atoms. The molecule has 0 aliphatic rings. The molecule has 2 nitrogen and oxygen atoms in total. The molecule has 86 valence electrons. The summed E-state index contributed by atoms with van der Waals surface area (Å²) >= 11 is 2.23. The predicted molar refractivity (Wildman–Crippen MR) is 78.3 cm³/mol. The lowest BCUT2D eigenvalue weighted by Gasteiger charge is -2.05. The molecule has 0 saturated heterocycles. The summed E-state index contributed by atoms with van der Waals surface area (Å²) in [5.74, 6) is -0.0742. The second kappa shape index (κ2) is 5.31. The third-order valence-corrected chi connectivity index (χ3v) is 3.10. The maximum atomic E-state index is 11.9. The van der Waals surface area contributed by atoms with Gasteiger partial charge in [-0.15, -0.1) is 0 Å². The Hall–Kier alpha value is -1.36. The standard InChI is InChI=1S/C14H12INO/c1-10-3-2-4-11(9-10)14(17)16-13-7-5-12(15)6-8-13/h2-9H,1H3,(H,16,17). The van der Waals surface area contributed by atoms with Gasteiger partial charge >= 0.3 is 0 Å². The number of benzene rings is 2. The lowest BCUT2D eigenvalue weighted by molar-refractivity contribution is 0.102. The average molecular weight is 337 g/mol. The highest BCUT2D eigenvalue weighted by Gasteiger charge is 2.05. The molecule has 0 bridgehead atoms. The van der Waals surface area contributed by atoms with Gasteiger partial charge in [-0.05, 0) is 65.9 Å². The van der Waals surface area contributed by atoms with Crippen LogP contribution in [0.15, 0.2) is 48.5 Å². The van der Waals surface area contributed by atoms with Gasteiger partial charge < -0.3 is 5.32 Å². The zero-order valence-corrected chi connectivity index (χ0v) is 11.6. The highest BCUT2D eigenvalue weighted by atomic mass is 127. The maximum absolute atomic E-state index is 11.9. The average Bonchev–Trinajstić information content (AvgIpc) is 2.32. The van der Waals surface area contributed by atoms with E-state index in [2.05, 4.69) is 27.9 Å². The number of halogens is 1. The fraction of sp³-hybridized carbons (Fsp3) is 0.0714. The van der Waals surface area contributed by atoms with Crippen LogP contribution in [0.5, 0.6) is 0 Å². The molecule has 3 heteroatoms. The Morgan fingerprint density at radius 3 is 2.47 bits per heavy atom. The number of hydrogen-bond acceptors (Lipinski definition) is 1. The fourth-order valence-corrected chi connectivity index (χ4v) is 1.88. The number of rotatable bonds is 2. The van der Waals surface area contributed by atoms with Gasteiger partial charge in [0.05, 0.1) is 0 Å². The van der Waals surface area contributed by atoms with E-state index in [9.17, 15) is 4.79 Å². The number of carbonyl (C=O) groups is 1. The third-order valence-electron chi connectivity index (χ3n) is 2.38. The molecule has 2 aromatic carbocycles. The lowest BCUT2D eigenvalue weighted by atomic mass is 10.1. The van der Waals surface area contributed by atoms with Crippen LogP contribution in [0.2, 0.25) is 0 Å². The number of anilines is 1. The molecule has 2 aromatic rings. The van der Waals surface area contributed by atoms with E-state index >= 15 is 0 Å². The molecule has 0 radical (unpaired) electrons. The van der Waals surface area contributed by atoms with E-state index in [1.165, 1.54) is 0 Å². The molecule has 0 unspecified atom stereocenters. The van der Waals surface area contributed by atoms with E-state index in [4.69, 9.17) is 0 Å². The molecule has 2 rings (SSSR count). The van der Waals surface area contributed by atoms with E-state index in [1.807, 2.05) is 55.5 Å². The number of aryl methyl sites for hydroxylation is 1. The van der Waals surface area contributed by atoms with Gasteiger partial charge in [-0.1, -0.05) is 17.7 Å². The monoisotopic (exact) mass is 337 g/mol. The van der Waals surface area contributed by atoms with E-state index in [-0.39, 0.29) is 5.91 Å². The quantitative estimate of drug-likeness (QED) is 0.829. The zero-order valence-electron chi connectivity index (χ0n) is 9.41. The summed E-state index contributed by atoms with van der Waals surface area (Å²) in [5, 5.41) is 2.87. The smallest absolute Gasteiger partial charge is 0.255 e. The normalized spacial score (nSPS) is 10.0. The van der Waals surface area contributed by atoms with Crippen molar-refractivity contribution in [2.75, 3.05) is 5.32 Å². The first-order chi connectivity index (χ1) is 8.15. The van der Waals surface area contributed by atoms with Crippen molar-refractivity contribution >= 4 is 34.2 Å². The van der Waals surface area contributed by atoms with Crippen molar-refractivity contribution in [1.82, 2.24) is 0 Å². The van der Waals surface area contributed by atoms with Crippen molar-refractivity contribution in [3.05, 3.63) is 63.2 Å². The summed E-state index contributed by atoms with van der Waals surface area (Å²) in [6.07, 6.45) is 0. The molecule has 0 heterocycles. The van der Waals surface area contributed by atoms with Gasteiger partial charge in [0.25, 0.3) is 5.91 Å². The van der Waals surface area contributed by atoms with E-state index in [0.29, 0.717) is 5.56 Å². The number of nitrogens with one attached hydrogen (secondary N) is 1. The minimum atomic E-state index is -0.0742. The van der Waals surface area contributed by atoms with Crippen LogP contribution in [0.4, 0.5) is 5.69 Å². The molecule has 0 fully saturated rings. The third kappa shape index (κ3) is 3.30. The Balaban J connectivity index is 2.14. The first-order valence-corrected chi connectivity index (χ1v) is 6.36. The number of carbonyl (C=O) groups excluding carboxylic acids is 1. The van der Waals surface area contributed by atoms with Gasteiger partial charge in [0.2, 0.25) is 0 Å². The molecular weight excluding hydrogens is 325 g/mol. The molecule has 0 aliphatic heterocycles. The fourth-order valence-electron chi connectivity index (χ4n) is 1.52. The largest absolute Gasteiger partial charge is 0.322 e. The molecule has 0 saturated carbocycles. The van der Waals surface area contributed by atoms with Gasteiger partial charge in [-0.2, -0.15) is 0 Å². The van der Waals surface area contributed by atoms with Crippen molar-refractivity contribution in [2.45, 2.75) is 6.92 Å². The molecule has 0 aliphatic carbocycles. The molecular formula is C14H12INO. The van der Waals surface area contributed by atoms with Gasteiger partial charge in [-0.3, -0.25) is 4.79 Å². The number of hydrogen-bond donors (Lipinski definition) is 1. The van der Waals surface area contributed by atoms with Gasteiger partial charge in [0.15, 0.2) is 0 Å². The Bertz CT molecular complexity index is 534. The van der Waals surface area contributed by atoms with Crippen molar-refractivity contribution in [3.8, 4) is 0 Å². The Morgan fingerprint density at radius 1 is 1.12 bits per heavy atom. The summed E-state index contributed by atoms with van der Waals surface area (Å²) in [5.41, 5.74) is 2.58. The van der Waals surface area contributed by atoms with Crippen LogP contribution in [0, 0.1) is 10.5 Å². The van der Waals surface area contributed by atoms with Crippen molar-refractivity contribution in [1.29, 1.82) is 0 Å². The first-order valence-electron chi connectivity index (χ1n) is 5.29. The van der Waals surface area contributed by atoms with Crippen molar-refractivity contribution in [2.24, 2.45) is 0 Å². The molecule has 0 aromatic heterocycles. The first kappa shape index (κ1) is 12.1. The maximum Gasteiger partial charge on any atom is 0.255 e. The minimum absolute atomic E-state index is 0.0742. The van der Waals surface area contributed by atoms with Crippen LogP contribution in [0.1, 0.15) is 15.9 Å². The van der Waals surface area contributed by atoms with E-state index in [1.54, 1.807) is 0 Å². The molecule has 1 N–H and O–H groups in total. The molecule has 1 amide bonds. The minimum Gasteiger partial charge on any atom is -0.322 e. The van der Waals surface area contributed by atoms with Crippen LogP contribution >= 0.6 is 22.6 Å². The Morgan fingerprint density at radius 2 is 1.82 bits per heavy atom. The van der Waals surface area contributed by atoms with Crippen LogP contribution in [0.25, 0.3) is 0 Å².